The van der Waals surface area contributed by atoms with Crippen LogP contribution in [0, 0.1) is 13.8 Å². The van der Waals surface area contributed by atoms with Crippen LogP contribution in [0.3, 0.4) is 0 Å². The molecule has 1 atom stereocenters. The maximum Gasteiger partial charge on any atom is 0.230 e. The molecule has 1 aliphatic heterocycles. The van der Waals surface area contributed by atoms with Crippen LogP contribution in [0.15, 0.2) is 12.1 Å². The first kappa shape index (κ1) is 15.7. The summed E-state index contributed by atoms with van der Waals surface area (Å²) in [6.45, 7) is 4.64. The molecule has 1 heterocycles. The number of thioether (sulfide) groups is 1. The number of hydrogen-bond acceptors (Lipinski definition) is 4. The van der Waals surface area contributed by atoms with E-state index in [0.717, 1.165) is 28.9 Å². The van der Waals surface area contributed by atoms with E-state index in [0.29, 0.717) is 6.61 Å². The standard InChI is InChI=1S/C15H20N2O3S/c1-9-5-10(2)15-11(6-9)12(3-4-20-15)17-14(19)8-21-7-13(16)18/h5-6,12H,3-4,7-8H2,1-2H3,(H2,16,18)(H,17,19). The Morgan fingerprint density at radius 1 is 1.38 bits per heavy atom. The Balaban J connectivity index is 2.03. The lowest BCUT2D eigenvalue weighted by molar-refractivity contribution is -0.119. The van der Waals surface area contributed by atoms with Gasteiger partial charge in [0.15, 0.2) is 0 Å². The van der Waals surface area contributed by atoms with Crippen molar-refractivity contribution in [3.8, 4) is 5.75 Å². The molecule has 5 nitrogen and oxygen atoms in total. The van der Waals surface area contributed by atoms with Gasteiger partial charge in [0.1, 0.15) is 5.75 Å². The number of carbonyl (C=O) groups excluding carboxylic acids is 2. The second-order valence-electron chi connectivity index (χ2n) is 5.22. The zero-order valence-electron chi connectivity index (χ0n) is 12.3. The first-order chi connectivity index (χ1) is 9.97. The highest BCUT2D eigenvalue weighted by Gasteiger charge is 2.24. The van der Waals surface area contributed by atoms with Crippen LogP contribution in [0.25, 0.3) is 0 Å². The van der Waals surface area contributed by atoms with E-state index in [1.807, 2.05) is 13.8 Å². The number of benzene rings is 1. The molecule has 21 heavy (non-hydrogen) atoms. The molecule has 3 N–H and O–H groups in total. The summed E-state index contributed by atoms with van der Waals surface area (Å²) in [6, 6.07) is 4.10. The number of carbonyl (C=O) groups is 2. The average molecular weight is 308 g/mol. The third-order valence-corrected chi connectivity index (χ3v) is 4.24. The number of aryl methyl sites for hydroxylation is 2. The van der Waals surface area contributed by atoms with Crippen LogP contribution in [-0.2, 0) is 9.59 Å². The highest BCUT2D eigenvalue weighted by Crippen LogP contribution is 2.35. The molecular formula is C15H20N2O3S. The van der Waals surface area contributed by atoms with Gasteiger partial charge >= 0.3 is 0 Å². The van der Waals surface area contributed by atoms with Gasteiger partial charge in [0.2, 0.25) is 11.8 Å². The summed E-state index contributed by atoms with van der Waals surface area (Å²) in [5.41, 5.74) is 8.33. The van der Waals surface area contributed by atoms with Crippen LogP contribution in [0.5, 0.6) is 5.75 Å². The number of ether oxygens (including phenoxy) is 1. The van der Waals surface area contributed by atoms with Crippen LogP contribution in [0.4, 0.5) is 0 Å². The number of hydrogen-bond donors (Lipinski definition) is 2. The fourth-order valence-corrected chi connectivity index (χ4v) is 3.08. The maximum atomic E-state index is 11.9. The smallest absolute Gasteiger partial charge is 0.230 e. The van der Waals surface area contributed by atoms with Crippen molar-refractivity contribution in [2.75, 3.05) is 18.1 Å². The molecule has 1 unspecified atom stereocenters. The van der Waals surface area contributed by atoms with Gasteiger partial charge in [-0.25, -0.2) is 0 Å². The number of primary amides is 1. The van der Waals surface area contributed by atoms with Crippen molar-refractivity contribution >= 4 is 23.6 Å². The normalized spacial score (nSPS) is 16.8. The van der Waals surface area contributed by atoms with Crippen LogP contribution >= 0.6 is 11.8 Å². The predicted octanol–water partition coefficient (Wildman–Crippen LogP) is 1.46. The summed E-state index contributed by atoms with van der Waals surface area (Å²) >= 11 is 1.23. The first-order valence-electron chi connectivity index (χ1n) is 6.86. The van der Waals surface area contributed by atoms with Gasteiger partial charge in [-0.3, -0.25) is 9.59 Å². The number of fused-ring (bicyclic) bond motifs is 1. The summed E-state index contributed by atoms with van der Waals surface area (Å²) in [5.74, 6) is 0.784. The van der Waals surface area contributed by atoms with Gasteiger partial charge in [-0.05, 0) is 19.4 Å². The molecular weight excluding hydrogens is 288 g/mol. The lowest BCUT2D eigenvalue weighted by Gasteiger charge is -2.28. The minimum absolute atomic E-state index is 0.0333. The maximum absolute atomic E-state index is 11.9. The molecule has 1 aliphatic rings. The minimum atomic E-state index is -0.407. The Morgan fingerprint density at radius 2 is 2.14 bits per heavy atom. The zero-order chi connectivity index (χ0) is 15.4. The topological polar surface area (TPSA) is 81.4 Å². The molecule has 0 aliphatic carbocycles. The molecule has 0 spiro atoms. The Labute approximate surface area is 128 Å². The van der Waals surface area contributed by atoms with E-state index in [-0.39, 0.29) is 23.5 Å². The molecule has 1 aromatic rings. The van der Waals surface area contributed by atoms with Gasteiger partial charge in [-0.1, -0.05) is 17.7 Å². The number of rotatable bonds is 5. The summed E-state index contributed by atoms with van der Waals surface area (Å²) in [6.07, 6.45) is 0.752. The van der Waals surface area contributed by atoms with Gasteiger partial charge in [-0.15, -0.1) is 11.8 Å². The molecule has 0 fully saturated rings. The molecule has 6 heteroatoms. The summed E-state index contributed by atoms with van der Waals surface area (Å²) in [5, 5.41) is 3.01. The molecule has 0 bridgehead atoms. The van der Waals surface area contributed by atoms with Crippen LogP contribution in [-0.4, -0.2) is 29.9 Å². The van der Waals surface area contributed by atoms with Gasteiger partial charge < -0.3 is 15.8 Å². The third-order valence-electron chi connectivity index (χ3n) is 3.29. The van der Waals surface area contributed by atoms with E-state index in [1.165, 1.54) is 11.8 Å². The summed E-state index contributed by atoms with van der Waals surface area (Å²) in [4.78, 5) is 22.6. The quantitative estimate of drug-likeness (QED) is 0.863. The number of amides is 2. The third kappa shape index (κ3) is 4.14. The second-order valence-corrected chi connectivity index (χ2v) is 6.20. The Hall–Kier alpha value is -1.69. The Morgan fingerprint density at radius 3 is 2.86 bits per heavy atom. The van der Waals surface area contributed by atoms with Gasteiger partial charge in [0, 0.05) is 12.0 Å². The van der Waals surface area contributed by atoms with E-state index >= 15 is 0 Å². The molecule has 0 saturated heterocycles. The van der Waals surface area contributed by atoms with E-state index < -0.39 is 5.91 Å². The van der Waals surface area contributed by atoms with E-state index in [1.54, 1.807) is 0 Å². The predicted molar refractivity (Wildman–Crippen MR) is 83.4 cm³/mol. The fraction of sp³-hybridized carbons (Fsp3) is 0.467. The molecule has 114 valence electrons. The van der Waals surface area contributed by atoms with Crippen molar-refractivity contribution in [1.29, 1.82) is 0 Å². The van der Waals surface area contributed by atoms with Gasteiger partial charge in [0.25, 0.3) is 0 Å². The number of nitrogens with two attached hydrogens (primary N) is 1. The first-order valence-corrected chi connectivity index (χ1v) is 8.02. The van der Waals surface area contributed by atoms with Gasteiger partial charge in [0.05, 0.1) is 24.2 Å². The van der Waals surface area contributed by atoms with E-state index in [9.17, 15) is 9.59 Å². The monoisotopic (exact) mass is 308 g/mol. The fourth-order valence-electron chi connectivity index (χ4n) is 2.51. The van der Waals surface area contributed by atoms with Crippen LogP contribution in [0.2, 0.25) is 0 Å². The van der Waals surface area contributed by atoms with Gasteiger partial charge in [-0.2, -0.15) is 0 Å². The van der Waals surface area contributed by atoms with Crippen molar-refractivity contribution in [2.45, 2.75) is 26.3 Å². The van der Waals surface area contributed by atoms with Crippen molar-refractivity contribution in [3.63, 3.8) is 0 Å². The van der Waals surface area contributed by atoms with Crippen molar-refractivity contribution < 1.29 is 14.3 Å². The highest BCUT2D eigenvalue weighted by molar-refractivity contribution is 8.00. The van der Waals surface area contributed by atoms with Crippen LogP contribution in [0.1, 0.15) is 29.2 Å². The minimum Gasteiger partial charge on any atom is -0.493 e. The molecule has 0 aromatic heterocycles. The Bertz CT molecular complexity index is 560. The Kier molecular flexibility index (Phi) is 5.12. The number of nitrogens with one attached hydrogen (secondary N) is 1. The molecule has 2 rings (SSSR count). The second kappa shape index (κ2) is 6.85. The van der Waals surface area contributed by atoms with Crippen molar-refractivity contribution in [2.24, 2.45) is 5.73 Å². The molecule has 0 saturated carbocycles. The van der Waals surface area contributed by atoms with E-state index in [2.05, 4.69) is 17.4 Å². The molecule has 1 aromatic carbocycles. The highest BCUT2D eigenvalue weighted by atomic mass is 32.2. The summed E-state index contributed by atoms with van der Waals surface area (Å²) < 4.78 is 5.72. The lowest BCUT2D eigenvalue weighted by Crippen LogP contribution is -2.33. The molecule has 2 amide bonds. The zero-order valence-corrected chi connectivity index (χ0v) is 13.1. The van der Waals surface area contributed by atoms with Crippen molar-refractivity contribution in [3.05, 3.63) is 28.8 Å². The van der Waals surface area contributed by atoms with Crippen LogP contribution < -0.4 is 15.8 Å². The largest absolute Gasteiger partial charge is 0.493 e. The van der Waals surface area contributed by atoms with Crippen molar-refractivity contribution in [1.82, 2.24) is 5.32 Å². The lowest BCUT2D eigenvalue weighted by atomic mass is 9.96. The SMILES string of the molecule is Cc1cc(C)c2c(c1)C(NC(=O)CSCC(N)=O)CCO2. The van der Waals surface area contributed by atoms with E-state index in [4.69, 9.17) is 10.5 Å². The average Bonchev–Trinajstić information content (AvgIpc) is 2.39. The molecule has 0 radical (unpaired) electrons. The summed E-state index contributed by atoms with van der Waals surface area (Å²) in [7, 11) is 0.